The highest BCUT2D eigenvalue weighted by molar-refractivity contribution is 7.99. The van der Waals surface area contributed by atoms with Crippen LogP contribution in [0.3, 0.4) is 0 Å². The van der Waals surface area contributed by atoms with Crippen molar-refractivity contribution in [2.24, 2.45) is 0 Å². The molecule has 0 atom stereocenters. The molecule has 8 heteroatoms. The number of thioether (sulfide) groups is 2. The van der Waals surface area contributed by atoms with Gasteiger partial charge in [-0.1, -0.05) is 17.8 Å². The van der Waals surface area contributed by atoms with Crippen molar-refractivity contribution in [2.45, 2.75) is 49.2 Å². The molecule has 2 heterocycles. The Balaban J connectivity index is 1.55. The lowest BCUT2D eigenvalue weighted by Gasteiger charge is -2.12. The molecule has 0 saturated heterocycles. The summed E-state index contributed by atoms with van der Waals surface area (Å²) in [6.45, 7) is 2.50. The molecule has 1 amide bonds. The first-order valence-electron chi connectivity index (χ1n) is 9.72. The van der Waals surface area contributed by atoms with Gasteiger partial charge < -0.3 is 5.32 Å². The highest BCUT2D eigenvalue weighted by Crippen LogP contribution is 2.34. The van der Waals surface area contributed by atoms with Gasteiger partial charge in [0.25, 0.3) is 5.56 Å². The van der Waals surface area contributed by atoms with Gasteiger partial charge in [-0.05, 0) is 62.6 Å². The van der Waals surface area contributed by atoms with Crippen LogP contribution in [-0.4, -0.2) is 27.5 Å². The summed E-state index contributed by atoms with van der Waals surface area (Å²) < 4.78 is 1.70. The smallest absolute Gasteiger partial charge is 0.263 e. The SMILES string of the molecule is CCn1c(SCC(=O)Nc2cccc(SC)c2)nc2sc3c(c2c1=O)CCCC3. The Bertz CT molecular complexity index is 1120. The van der Waals surface area contributed by atoms with E-state index in [0.29, 0.717) is 11.7 Å². The number of aryl methyl sites for hydroxylation is 2. The number of thiophene rings is 1. The number of benzene rings is 1. The van der Waals surface area contributed by atoms with E-state index in [9.17, 15) is 9.59 Å². The predicted octanol–water partition coefficient (Wildman–Crippen LogP) is 4.81. The van der Waals surface area contributed by atoms with Crippen LogP contribution in [0.25, 0.3) is 10.2 Å². The first-order chi connectivity index (χ1) is 14.1. The van der Waals surface area contributed by atoms with Crippen molar-refractivity contribution in [3.8, 4) is 0 Å². The first-order valence-corrected chi connectivity index (χ1v) is 12.7. The van der Waals surface area contributed by atoms with Crippen molar-refractivity contribution in [3.63, 3.8) is 0 Å². The van der Waals surface area contributed by atoms with E-state index in [1.807, 2.05) is 37.4 Å². The molecule has 1 aliphatic rings. The fraction of sp³-hybridized carbons (Fsp3) is 0.381. The molecule has 3 aromatic rings. The molecule has 5 nitrogen and oxygen atoms in total. The number of hydrogen-bond acceptors (Lipinski definition) is 6. The van der Waals surface area contributed by atoms with Gasteiger partial charge in [0.15, 0.2) is 5.16 Å². The zero-order valence-corrected chi connectivity index (χ0v) is 18.9. The van der Waals surface area contributed by atoms with Crippen LogP contribution in [0.1, 0.15) is 30.2 Å². The molecule has 0 aliphatic heterocycles. The van der Waals surface area contributed by atoms with Gasteiger partial charge in [0, 0.05) is 22.0 Å². The molecule has 152 valence electrons. The van der Waals surface area contributed by atoms with Crippen LogP contribution in [-0.2, 0) is 24.2 Å². The van der Waals surface area contributed by atoms with Crippen LogP contribution in [0.15, 0.2) is 39.1 Å². The lowest BCUT2D eigenvalue weighted by Crippen LogP contribution is -2.24. The Morgan fingerprint density at radius 3 is 2.93 bits per heavy atom. The van der Waals surface area contributed by atoms with Crippen LogP contribution in [0.5, 0.6) is 0 Å². The number of fused-ring (bicyclic) bond motifs is 3. The summed E-state index contributed by atoms with van der Waals surface area (Å²) in [4.78, 5) is 33.6. The number of amides is 1. The van der Waals surface area contributed by atoms with Crippen LogP contribution in [0.2, 0.25) is 0 Å². The van der Waals surface area contributed by atoms with Crippen molar-refractivity contribution in [1.82, 2.24) is 9.55 Å². The monoisotopic (exact) mass is 445 g/mol. The minimum absolute atomic E-state index is 0.0347. The fourth-order valence-corrected chi connectivity index (χ4v) is 6.26. The molecule has 1 N–H and O–H groups in total. The molecule has 0 fully saturated rings. The van der Waals surface area contributed by atoms with Crippen LogP contribution in [0.4, 0.5) is 5.69 Å². The number of hydrogen-bond donors (Lipinski definition) is 1. The maximum Gasteiger partial charge on any atom is 0.263 e. The third kappa shape index (κ3) is 4.25. The Kier molecular flexibility index (Phi) is 6.32. The molecule has 0 unspecified atom stereocenters. The van der Waals surface area contributed by atoms with Crippen LogP contribution >= 0.6 is 34.9 Å². The first kappa shape index (κ1) is 20.5. The molecule has 0 radical (unpaired) electrons. The molecule has 2 aromatic heterocycles. The van der Waals surface area contributed by atoms with E-state index in [1.165, 1.54) is 28.6 Å². The number of aromatic nitrogens is 2. The van der Waals surface area contributed by atoms with Gasteiger partial charge in [-0.2, -0.15) is 0 Å². The Labute approximate surface area is 182 Å². The molecular formula is C21H23N3O2S3. The summed E-state index contributed by atoms with van der Waals surface area (Å²) in [6, 6.07) is 7.77. The molecule has 1 aliphatic carbocycles. The second kappa shape index (κ2) is 8.93. The molecule has 4 rings (SSSR count). The van der Waals surface area contributed by atoms with Gasteiger partial charge >= 0.3 is 0 Å². The maximum atomic E-state index is 13.1. The Hall–Kier alpha value is -1.77. The van der Waals surface area contributed by atoms with Gasteiger partial charge in [-0.3, -0.25) is 14.2 Å². The normalized spacial score (nSPS) is 13.4. The molecule has 1 aromatic carbocycles. The average Bonchev–Trinajstić information content (AvgIpc) is 3.11. The molecule has 29 heavy (non-hydrogen) atoms. The zero-order chi connectivity index (χ0) is 20.4. The van der Waals surface area contributed by atoms with E-state index < -0.39 is 0 Å². The standard InChI is InChI=1S/C21H23N3O2S3/c1-3-24-20(26)18-15-9-4-5-10-16(15)29-19(18)23-21(24)28-12-17(25)22-13-7-6-8-14(11-13)27-2/h6-8,11H,3-5,9-10,12H2,1-2H3,(H,22,25). The van der Waals surface area contributed by atoms with E-state index >= 15 is 0 Å². The third-order valence-electron chi connectivity index (χ3n) is 5.04. The number of carbonyl (C=O) groups excluding carboxylic acids is 1. The fourth-order valence-electron chi connectivity index (χ4n) is 3.64. The lowest BCUT2D eigenvalue weighted by atomic mass is 9.97. The average molecular weight is 446 g/mol. The Morgan fingerprint density at radius 2 is 2.14 bits per heavy atom. The van der Waals surface area contributed by atoms with Gasteiger partial charge in [0.2, 0.25) is 5.91 Å². The van der Waals surface area contributed by atoms with Crippen molar-refractivity contribution in [1.29, 1.82) is 0 Å². The highest BCUT2D eigenvalue weighted by atomic mass is 32.2. The summed E-state index contributed by atoms with van der Waals surface area (Å²) in [5.74, 6) is 0.114. The van der Waals surface area contributed by atoms with Gasteiger partial charge in [-0.15, -0.1) is 23.1 Å². The topological polar surface area (TPSA) is 64.0 Å². The van der Waals surface area contributed by atoms with Gasteiger partial charge in [-0.25, -0.2) is 4.98 Å². The summed E-state index contributed by atoms with van der Waals surface area (Å²) in [5.41, 5.74) is 2.02. The molecule has 0 bridgehead atoms. The second-order valence-electron chi connectivity index (χ2n) is 6.90. The van der Waals surface area contributed by atoms with Crippen molar-refractivity contribution in [2.75, 3.05) is 17.3 Å². The maximum absolute atomic E-state index is 13.1. The largest absolute Gasteiger partial charge is 0.325 e. The lowest BCUT2D eigenvalue weighted by molar-refractivity contribution is -0.113. The number of rotatable bonds is 6. The van der Waals surface area contributed by atoms with Gasteiger partial charge in [0.05, 0.1) is 11.1 Å². The van der Waals surface area contributed by atoms with Crippen LogP contribution < -0.4 is 10.9 Å². The summed E-state index contributed by atoms with van der Waals surface area (Å²) >= 11 is 4.61. The quantitative estimate of drug-likeness (QED) is 0.436. The van der Waals surface area contributed by atoms with E-state index in [1.54, 1.807) is 27.7 Å². The molecule has 0 saturated carbocycles. The summed E-state index contributed by atoms with van der Waals surface area (Å²) in [7, 11) is 0. The minimum Gasteiger partial charge on any atom is -0.325 e. The zero-order valence-electron chi connectivity index (χ0n) is 16.5. The van der Waals surface area contributed by atoms with E-state index in [2.05, 4.69) is 5.32 Å². The molecule has 0 spiro atoms. The van der Waals surface area contributed by atoms with Crippen molar-refractivity contribution in [3.05, 3.63) is 45.1 Å². The van der Waals surface area contributed by atoms with E-state index in [0.717, 1.165) is 40.1 Å². The summed E-state index contributed by atoms with van der Waals surface area (Å²) in [5, 5.41) is 4.35. The number of anilines is 1. The van der Waals surface area contributed by atoms with Gasteiger partial charge in [0.1, 0.15) is 4.83 Å². The number of nitrogens with one attached hydrogen (secondary N) is 1. The predicted molar refractivity (Wildman–Crippen MR) is 124 cm³/mol. The van der Waals surface area contributed by atoms with Crippen molar-refractivity contribution >= 4 is 56.7 Å². The van der Waals surface area contributed by atoms with Crippen molar-refractivity contribution < 1.29 is 4.79 Å². The minimum atomic E-state index is -0.101. The second-order valence-corrected chi connectivity index (χ2v) is 9.81. The highest BCUT2D eigenvalue weighted by Gasteiger charge is 2.22. The molecular weight excluding hydrogens is 422 g/mol. The number of carbonyl (C=O) groups is 1. The summed E-state index contributed by atoms with van der Waals surface area (Å²) in [6.07, 6.45) is 6.34. The Morgan fingerprint density at radius 1 is 1.31 bits per heavy atom. The van der Waals surface area contributed by atoms with E-state index in [4.69, 9.17) is 4.98 Å². The number of nitrogens with zero attached hydrogens (tertiary/aromatic N) is 2. The third-order valence-corrected chi connectivity index (χ3v) is 7.93. The van der Waals surface area contributed by atoms with E-state index in [-0.39, 0.29) is 17.2 Å². The van der Waals surface area contributed by atoms with Crippen LogP contribution in [0, 0.1) is 0 Å².